The van der Waals surface area contributed by atoms with Crippen LogP contribution in [0.15, 0.2) is 12.4 Å². The summed E-state index contributed by atoms with van der Waals surface area (Å²) in [6.07, 6.45) is 1.81. The van der Waals surface area contributed by atoms with E-state index in [0.29, 0.717) is 0 Å². The normalized spacial score (nSPS) is 9.73. The van der Waals surface area contributed by atoms with E-state index in [0.717, 1.165) is 12.4 Å². The van der Waals surface area contributed by atoms with Gasteiger partial charge in [-0.25, -0.2) is 4.39 Å². The second-order valence-electron chi connectivity index (χ2n) is 1.94. The van der Waals surface area contributed by atoms with Crippen LogP contribution < -0.4 is 5.46 Å². The zero-order valence-electron chi connectivity index (χ0n) is 5.40. The number of pyridine rings is 1. The zero-order chi connectivity index (χ0) is 8.43. The van der Waals surface area contributed by atoms with Gasteiger partial charge in [0.15, 0.2) is 11.6 Å². The van der Waals surface area contributed by atoms with Crippen LogP contribution in [-0.4, -0.2) is 27.3 Å². The van der Waals surface area contributed by atoms with Crippen molar-refractivity contribution in [2.24, 2.45) is 0 Å². The van der Waals surface area contributed by atoms with E-state index in [1.54, 1.807) is 0 Å². The molecule has 0 saturated carbocycles. The lowest BCUT2D eigenvalue weighted by Gasteiger charge is -2.00. The van der Waals surface area contributed by atoms with Gasteiger partial charge in [0.05, 0.1) is 6.20 Å². The summed E-state index contributed by atoms with van der Waals surface area (Å²) in [4.78, 5) is 3.36. The number of nitrogens with zero attached hydrogens (tertiary/aromatic N) is 1. The molecule has 0 spiro atoms. The van der Waals surface area contributed by atoms with Crippen LogP contribution >= 0.6 is 0 Å². The molecule has 0 bridgehead atoms. The van der Waals surface area contributed by atoms with Crippen molar-refractivity contribution in [2.75, 3.05) is 0 Å². The van der Waals surface area contributed by atoms with Gasteiger partial charge >= 0.3 is 7.12 Å². The van der Waals surface area contributed by atoms with E-state index in [9.17, 15) is 4.39 Å². The Morgan fingerprint density at radius 1 is 1.36 bits per heavy atom. The molecule has 0 aliphatic rings. The van der Waals surface area contributed by atoms with Crippen LogP contribution in [-0.2, 0) is 0 Å². The molecule has 0 aromatic carbocycles. The summed E-state index contributed by atoms with van der Waals surface area (Å²) in [7, 11) is -1.95. The van der Waals surface area contributed by atoms with Gasteiger partial charge in [-0.1, -0.05) is 0 Å². The van der Waals surface area contributed by atoms with Crippen molar-refractivity contribution in [3.63, 3.8) is 0 Å². The topological polar surface area (TPSA) is 73.6 Å². The number of halogens is 1. The Kier molecular flexibility index (Phi) is 2.07. The van der Waals surface area contributed by atoms with Gasteiger partial charge in [-0.15, -0.1) is 0 Å². The fourth-order valence-corrected chi connectivity index (χ4v) is 0.629. The molecule has 6 heteroatoms. The Labute approximate surface area is 62.1 Å². The first-order valence-corrected chi connectivity index (χ1v) is 2.81. The number of hydrogen-bond acceptors (Lipinski definition) is 4. The first kappa shape index (κ1) is 7.97. The summed E-state index contributed by atoms with van der Waals surface area (Å²) in [6.45, 7) is 0. The highest BCUT2D eigenvalue weighted by Crippen LogP contribution is 2.08. The van der Waals surface area contributed by atoms with Gasteiger partial charge in [0.25, 0.3) is 0 Å². The summed E-state index contributed by atoms with van der Waals surface area (Å²) in [6, 6.07) is 0. The molecule has 58 valence electrons. The maximum absolute atomic E-state index is 12.6. The highest BCUT2D eigenvalue weighted by atomic mass is 19.1. The van der Waals surface area contributed by atoms with Gasteiger partial charge in [-0.2, -0.15) is 0 Å². The fraction of sp³-hybridized carbons (Fsp3) is 0. The molecule has 0 aliphatic heterocycles. The Bertz CT molecular complexity index is 268. The third-order valence-electron chi connectivity index (χ3n) is 1.17. The maximum Gasteiger partial charge on any atom is 0.493 e. The molecule has 0 unspecified atom stereocenters. The maximum atomic E-state index is 12.6. The molecule has 3 N–H and O–H groups in total. The van der Waals surface area contributed by atoms with Gasteiger partial charge in [0.2, 0.25) is 0 Å². The molecule has 1 aromatic heterocycles. The molecular formula is C5H5BFNO3. The molecule has 4 nitrogen and oxygen atoms in total. The number of rotatable bonds is 1. The number of aromatic nitrogens is 1. The van der Waals surface area contributed by atoms with Crippen LogP contribution in [0.25, 0.3) is 0 Å². The van der Waals surface area contributed by atoms with Gasteiger partial charge in [0.1, 0.15) is 0 Å². The minimum atomic E-state index is -1.95. The van der Waals surface area contributed by atoms with E-state index in [1.165, 1.54) is 0 Å². The first-order valence-electron chi connectivity index (χ1n) is 2.81. The third-order valence-corrected chi connectivity index (χ3v) is 1.17. The van der Waals surface area contributed by atoms with Crippen LogP contribution in [0.1, 0.15) is 0 Å². The molecular weight excluding hydrogens is 152 g/mol. The fourth-order valence-electron chi connectivity index (χ4n) is 0.629. The average Bonchev–Trinajstić information content (AvgIpc) is 1.94. The largest absolute Gasteiger partial charge is 0.504 e. The Morgan fingerprint density at radius 3 is 2.45 bits per heavy atom. The first-order chi connectivity index (χ1) is 5.13. The predicted octanol–water partition coefficient (Wildman–Crippen LogP) is -1.39. The van der Waals surface area contributed by atoms with E-state index in [-0.39, 0.29) is 0 Å². The molecule has 1 aromatic rings. The van der Waals surface area contributed by atoms with Crippen molar-refractivity contribution in [1.29, 1.82) is 0 Å². The molecule has 0 aliphatic carbocycles. The van der Waals surface area contributed by atoms with Crippen LogP contribution in [0.5, 0.6) is 5.75 Å². The van der Waals surface area contributed by atoms with E-state index >= 15 is 0 Å². The van der Waals surface area contributed by atoms with Crippen LogP contribution in [0.2, 0.25) is 0 Å². The predicted molar refractivity (Wildman–Crippen MR) is 35.7 cm³/mol. The van der Waals surface area contributed by atoms with E-state index in [1.807, 2.05) is 0 Å². The molecule has 11 heavy (non-hydrogen) atoms. The molecule has 0 radical (unpaired) electrons. The second kappa shape index (κ2) is 2.85. The van der Waals surface area contributed by atoms with E-state index in [2.05, 4.69) is 4.98 Å². The van der Waals surface area contributed by atoms with E-state index < -0.39 is 24.1 Å². The van der Waals surface area contributed by atoms with Crippen molar-refractivity contribution >= 4 is 12.6 Å². The van der Waals surface area contributed by atoms with E-state index in [4.69, 9.17) is 15.2 Å². The highest BCUT2D eigenvalue weighted by Gasteiger charge is 2.18. The Balaban J connectivity index is 3.17. The van der Waals surface area contributed by atoms with Crippen LogP contribution in [0.4, 0.5) is 4.39 Å². The van der Waals surface area contributed by atoms with Crippen molar-refractivity contribution in [3.8, 4) is 5.75 Å². The number of hydrogen-bond donors (Lipinski definition) is 3. The molecule has 0 amide bonds. The highest BCUT2D eigenvalue weighted by molar-refractivity contribution is 6.58. The summed E-state index contributed by atoms with van der Waals surface area (Å²) >= 11 is 0. The minimum Gasteiger partial charge on any atom is -0.504 e. The van der Waals surface area contributed by atoms with Crippen molar-refractivity contribution in [2.45, 2.75) is 0 Å². The summed E-state index contributed by atoms with van der Waals surface area (Å²) in [5.74, 6) is -1.76. The number of aromatic hydroxyl groups is 1. The summed E-state index contributed by atoms with van der Waals surface area (Å²) in [5, 5.41) is 25.7. The zero-order valence-corrected chi connectivity index (χ0v) is 5.40. The summed E-state index contributed by atoms with van der Waals surface area (Å²) < 4.78 is 12.6. The van der Waals surface area contributed by atoms with Crippen LogP contribution in [0, 0.1) is 5.82 Å². The third kappa shape index (κ3) is 1.47. The standard InChI is InChI=1S/C5H5BFNO3/c7-5-3(6(10)11)1-8-2-4(5)9/h1-2,9-11H. The SMILES string of the molecule is OB(O)c1cncc(O)c1F. The van der Waals surface area contributed by atoms with Gasteiger partial charge in [-0.3, -0.25) is 4.98 Å². The van der Waals surface area contributed by atoms with Crippen molar-refractivity contribution in [3.05, 3.63) is 18.2 Å². The average molecular weight is 157 g/mol. The lowest BCUT2D eigenvalue weighted by molar-refractivity contribution is 0.411. The van der Waals surface area contributed by atoms with Gasteiger partial charge in [-0.05, 0) is 0 Å². The minimum absolute atomic E-state index is 0.440. The molecule has 0 fully saturated rings. The van der Waals surface area contributed by atoms with Gasteiger partial charge in [0, 0.05) is 11.7 Å². The molecule has 1 heterocycles. The molecule has 0 atom stereocenters. The smallest absolute Gasteiger partial charge is 0.493 e. The monoisotopic (exact) mass is 157 g/mol. The molecule has 0 saturated heterocycles. The Hall–Kier alpha value is -1.14. The van der Waals surface area contributed by atoms with Crippen molar-refractivity contribution < 1.29 is 19.5 Å². The summed E-state index contributed by atoms with van der Waals surface area (Å²) in [5.41, 5.74) is -0.440. The Morgan fingerprint density at radius 2 is 2.00 bits per heavy atom. The lowest BCUT2D eigenvalue weighted by atomic mass is 9.81. The van der Waals surface area contributed by atoms with Gasteiger partial charge < -0.3 is 15.2 Å². The lowest BCUT2D eigenvalue weighted by Crippen LogP contribution is -2.33. The molecule has 1 rings (SSSR count). The van der Waals surface area contributed by atoms with Crippen LogP contribution in [0.3, 0.4) is 0 Å². The second-order valence-corrected chi connectivity index (χ2v) is 1.94. The quantitative estimate of drug-likeness (QED) is 0.438. The van der Waals surface area contributed by atoms with Crippen molar-refractivity contribution in [1.82, 2.24) is 4.98 Å².